The van der Waals surface area contributed by atoms with E-state index in [1.807, 2.05) is 0 Å². The predicted molar refractivity (Wildman–Crippen MR) is 102 cm³/mol. The molecule has 0 saturated carbocycles. The van der Waals surface area contributed by atoms with Crippen molar-refractivity contribution in [1.29, 1.82) is 0 Å². The van der Waals surface area contributed by atoms with Gasteiger partial charge in [0.15, 0.2) is 0 Å². The topological polar surface area (TPSA) is 72.9 Å². The Hall–Kier alpha value is -1.90. The van der Waals surface area contributed by atoms with Crippen molar-refractivity contribution in [2.24, 2.45) is 0 Å². The van der Waals surface area contributed by atoms with Crippen molar-refractivity contribution in [3.63, 3.8) is 0 Å². The maximum absolute atomic E-state index is 12.7. The summed E-state index contributed by atoms with van der Waals surface area (Å²) in [5.41, 5.74) is 0.148. The fourth-order valence-corrected chi connectivity index (χ4v) is 4.75. The SMILES string of the molecule is CCN(CC)S(=O)(=O)c1cc(C(=O)Oc2ccc(OC)cc2)ccc1Br. The van der Waals surface area contributed by atoms with E-state index in [2.05, 4.69) is 15.9 Å². The Morgan fingerprint density at radius 2 is 1.62 bits per heavy atom. The first kappa shape index (κ1) is 20.4. The third kappa shape index (κ3) is 4.44. The zero-order chi connectivity index (χ0) is 19.3. The Bertz CT molecular complexity index is 877. The first-order chi connectivity index (χ1) is 12.3. The van der Waals surface area contributed by atoms with Crippen molar-refractivity contribution in [2.45, 2.75) is 18.7 Å². The third-order valence-corrected chi connectivity index (χ3v) is 6.80. The van der Waals surface area contributed by atoms with Crippen LogP contribution >= 0.6 is 15.9 Å². The molecule has 2 aromatic rings. The minimum absolute atomic E-state index is 0.0328. The highest BCUT2D eigenvalue weighted by Gasteiger charge is 2.25. The van der Waals surface area contributed by atoms with E-state index in [0.717, 1.165) is 0 Å². The van der Waals surface area contributed by atoms with Crippen molar-refractivity contribution in [2.75, 3.05) is 20.2 Å². The molecule has 2 aromatic carbocycles. The molecule has 0 unspecified atom stereocenters. The Morgan fingerprint density at radius 1 is 1.04 bits per heavy atom. The van der Waals surface area contributed by atoms with E-state index < -0.39 is 16.0 Å². The Kier molecular flexibility index (Phi) is 6.80. The summed E-state index contributed by atoms with van der Waals surface area (Å²) in [6, 6.07) is 10.9. The molecule has 0 aromatic heterocycles. The fraction of sp³-hybridized carbons (Fsp3) is 0.278. The molecule has 6 nitrogen and oxygen atoms in total. The van der Waals surface area contributed by atoms with Gasteiger partial charge in [-0.25, -0.2) is 13.2 Å². The van der Waals surface area contributed by atoms with Crippen LogP contribution in [0, 0.1) is 0 Å². The van der Waals surface area contributed by atoms with Crippen LogP contribution in [0.25, 0.3) is 0 Å². The average molecular weight is 442 g/mol. The van der Waals surface area contributed by atoms with E-state index in [-0.39, 0.29) is 10.5 Å². The van der Waals surface area contributed by atoms with Gasteiger partial charge in [0.05, 0.1) is 17.6 Å². The van der Waals surface area contributed by atoms with Crippen LogP contribution in [0.15, 0.2) is 51.8 Å². The number of benzene rings is 2. The number of ether oxygens (including phenoxy) is 2. The number of nitrogens with zero attached hydrogens (tertiary/aromatic N) is 1. The highest BCUT2D eigenvalue weighted by molar-refractivity contribution is 9.10. The lowest BCUT2D eigenvalue weighted by Crippen LogP contribution is -2.31. The summed E-state index contributed by atoms with van der Waals surface area (Å²) in [5, 5.41) is 0. The second-order valence-electron chi connectivity index (χ2n) is 5.30. The Morgan fingerprint density at radius 3 is 2.15 bits per heavy atom. The fourth-order valence-electron chi connectivity index (χ4n) is 2.34. The van der Waals surface area contributed by atoms with Crippen LogP contribution in [-0.4, -0.2) is 38.9 Å². The molecule has 8 heteroatoms. The second-order valence-corrected chi connectivity index (χ2v) is 8.06. The smallest absolute Gasteiger partial charge is 0.343 e. The number of halogens is 1. The van der Waals surface area contributed by atoms with Crippen LogP contribution in [0.3, 0.4) is 0 Å². The molecule has 0 fully saturated rings. The van der Waals surface area contributed by atoms with Gasteiger partial charge in [0.2, 0.25) is 10.0 Å². The van der Waals surface area contributed by atoms with Gasteiger partial charge in [0, 0.05) is 17.6 Å². The third-order valence-electron chi connectivity index (χ3n) is 3.76. The maximum Gasteiger partial charge on any atom is 0.343 e. The summed E-state index contributed by atoms with van der Waals surface area (Å²) in [6.07, 6.45) is 0. The highest BCUT2D eigenvalue weighted by Crippen LogP contribution is 2.27. The molecule has 0 atom stereocenters. The number of methoxy groups -OCH3 is 1. The average Bonchev–Trinajstić information content (AvgIpc) is 2.63. The van der Waals surface area contributed by atoms with E-state index in [1.165, 1.54) is 22.5 Å². The lowest BCUT2D eigenvalue weighted by Gasteiger charge is -2.19. The van der Waals surface area contributed by atoms with E-state index in [9.17, 15) is 13.2 Å². The first-order valence-corrected chi connectivity index (χ1v) is 10.2. The Balaban J connectivity index is 2.31. The van der Waals surface area contributed by atoms with Gasteiger partial charge in [-0.15, -0.1) is 0 Å². The number of carbonyl (C=O) groups excluding carboxylic acids is 1. The number of sulfonamides is 1. The zero-order valence-corrected chi connectivity index (χ0v) is 17.1. The van der Waals surface area contributed by atoms with E-state index in [1.54, 1.807) is 45.2 Å². The maximum atomic E-state index is 12.7. The number of esters is 1. The van der Waals surface area contributed by atoms with Crippen molar-refractivity contribution >= 4 is 31.9 Å². The summed E-state index contributed by atoms with van der Waals surface area (Å²) < 4.78 is 37.6. The number of hydrogen-bond acceptors (Lipinski definition) is 5. The standard InChI is InChI=1S/C18H20BrNO5S/c1-4-20(5-2)26(22,23)17-12-13(6-11-16(17)19)18(21)25-15-9-7-14(24-3)8-10-15/h6-12H,4-5H2,1-3H3. The van der Waals surface area contributed by atoms with Crippen LogP contribution in [0.4, 0.5) is 0 Å². The predicted octanol–water partition coefficient (Wildman–Crippen LogP) is 3.71. The summed E-state index contributed by atoms with van der Waals surface area (Å²) in [6.45, 7) is 4.20. The number of carbonyl (C=O) groups is 1. The van der Waals surface area contributed by atoms with Crippen LogP contribution in [0.1, 0.15) is 24.2 Å². The first-order valence-electron chi connectivity index (χ1n) is 7.99. The molecule has 0 radical (unpaired) electrons. The molecule has 0 heterocycles. The molecular formula is C18H20BrNO5S. The second kappa shape index (κ2) is 8.66. The molecule has 2 rings (SSSR count). The molecule has 0 bridgehead atoms. The number of rotatable bonds is 7. The van der Waals surface area contributed by atoms with Crippen LogP contribution < -0.4 is 9.47 Å². The minimum atomic E-state index is -3.71. The molecule has 0 aliphatic rings. The molecule has 0 N–H and O–H groups in total. The van der Waals surface area contributed by atoms with E-state index in [4.69, 9.17) is 9.47 Å². The lowest BCUT2D eigenvalue weighted by molar-refractivity contribution is 0.0734. The molecule has 0 spiro atoms. The summed E-state index contributed by atoms with van der Waals surface area (Å²) in [4.78, 5) is 12.4. The minimum Gasteiger partial charge on any atom is -0.497 e. The monoisotopic (exact) mass is 441 g/mol. The van der Waals surface area contributed by atoms with E-state index >= 15 is 0 Å². The molecule has 0 aliphatic carbocycles. The van der Waals surface area contributed by atoms with Gasteiger partial charge in [-0.05, 0) is 58.4 Å². The molecule has 0 saturated heterocycles. The summed E-state index contributed by atoms with van der Waals surface area (Å²) in [5.74, 6) is 0.339. The largest absolute Gasteiger partial charge is 0.497 e. The van der Waals surface area contributed by atoms with E-state index in [0.29, 0.717) is 29.1 Å². The van der Waals surface area contributed by atoms with Crippen LogP contribution in [0.2, 0.25) is 0 Å². The molecule has 0 amide bonds. The Labute approximate surface area is 161 Å². The van der Waals surface area contributed by atoms with Gasteiger partial charge >= 0.3 is 5.97 Å². The van der Waals surface area contributed by atoms with Gasteiger partial charge in [0.1, 0.15) is 11.5 Å². The zero-order valence-electron chi connectivity index (χ0n) is 14.7. The summed E-state index contributed by atoms with van der Waals surface area (Å²) >= 11 is 3.25. The summed E-state index contributed by atoms with van der Waals surface area (Å²) in [7, 11) is -2.17. The normalized spacial score (nSPS) is 11.4. The molecule has 26 heavy (non-hydrogen) atoms. The van der Waals surface area contributed by atoms with Gasteiger partial charge in [-0.3, -0.25) is 0 Å². The van der Waals surface area contributed by atoms with Crippen molar-refractivity contribution in [1.82, 2.24) is 4.31 Å². The highest BCUT2D eigenvalue weighted by atomic mass is 79.9. The number of hydrogen-bond donors (Lipinski definition) is 0. The van der Waals surface area contributed by atoms with Gasteiger partial charge in [-0.2, -0.15) is 4.31 Å². The molecular weight excluding hydrogens is 422 g/mol. The van der Waals surface area contributed by atoms with Crippen LogP contribution in [-0.2, 0) is 10.0 Å². The molecule has 0 aliphatic heterocycles. The van der Waals surface area contributed by atoms with Crippen LogP contribution in [0.5, 0.6) is 11.5 Å². The van der Waals surface area contributed by atoms with Crippen molar-refractivity contribution in [3.05, 3.63) is 52.5 Å². The van der Waals surface area contributed by atoms with Crippen molar-refractivity contribution in [3.8, 4) is 11.5 Å². The lowest BCUT2D eigenvalue weighted by atomic mass is 10.2. The molecule has 140 valence electrons. The van der Waals surface area contributed by atoms with Gasteiger partial charge in [0.25, 0.3) is 0 Å². The van der Waals surface area contributed by atoms with Gasteiger partial charge in [-0.1, -0.05) is 13.8 Å². The quantitative estimate of drug-likeness (QED) is 0.483. The van der Waals surface area contributed by atoms with Gasteiger partial charge < -0.3 is 9.47 Å². The van der Waals surface area contributed by atoms with Crippen molar-refractivity contribution < 1.29 is 22.7 Å².